The molecule has 0 radical (unpaired) electrons. The summed E-state index contributed by atoms with van der Waals surface area (Å²) < 4.78 is 54.1. The second-order valence-corrected chi connectivity index (χ2v) is 8.96. The Hall–Kier alpha value is -3.55. The Labute approximate surface area is 200 Å². The second kappa shape index (κ2) is 9.60. The van der Waals surface area contributed by atoms with E-state index in [9.17, 15) is 18.0 Å². The van der Waals surface area contributed by atoms with Crippen LogP contribution >= 0.6 is 0 Å². The molecule has 2 aliphatic rings. The molecule has 11 heteroatoms. The lowest BCUT2D eigenvalue weighted by Gasteiger charge is -2.37. The molecule has 2 heterocycles. The number of amides is 1. The van der Waals surface area contributed by atoms with Crippen LogP contribution in [0.4, 0.5) is 34.0 Å². The van der Waals surface area contributed by atoms with Gasteiger partial charge >= 0.3 is 12.3 Å². The molecular formula is C24H25F4N5O2. The predicted octanol–water partition coefficient (Wildman–Crippen LogP) is 4.61. The van der Waals surface area contributed by atoms with Crippen LogP contribution in [0.3, 0.4) is 0 Å². The van der Waals surface area contributed by atoms with E-state index in [0.29, 0.717) is 31.5 Å². The van der Waals surface area contributed by atoms with E-state index < -0.39 is 29.1 Å². The molecule has 4 rings (SSSR count). The van der Waals surface area contributed by atoms with Crippen LogP contribution in [-0.4, -0.2) is 51.7 Å². The number of benzene rings is 1. The van der Waals surface area contributed by atoms with Crippen molar-refractivity contribution in [3.63, 3.8) is 0 Å². The van der Waals surface area contributed by atoms with Crippen molar-refractivity contribution in [1.29, 1.82) is 0 Å². The SMILES string of the molecule is C#CC1(CNc2ncnc(N(Cc3ccc(C(F)(F)F)cc3)C3CC3)c2F)CCN(C(=O)O)CC1. The van der Waals surface area contributed by atoms with Gasteiger partial charge < -0.3 is 20.2 Å². The lowest BCUT2D eigenvalue weighted by Crippen LogP contribution is -2.44. The molecule has 1 aromatic heterocycles. The summed E-state index contributed by atoms with van der Waals surface area (Å²) in [6.07, 6.45) is 4.09. The summed E-state index contributed by atoms with van der Waals surface area (Å²) in [7, 11) is 0. The fraction of sp³-hybridized carbons (Fsp3) is 0.458. The standard InChI is InChI=1S/C24H25F4N5O2/c1-2-23(9-11-32(12-10-23)22(34)35)14-29-20-19(25)21(31-15-30-20)33(18-7-8-18)13-16-3-5-17(6-4-16)24(26,27)28/h1,3-6,15,18H,7-14H2,(H,34,35)(H,29,30,31). The van der Waals surface area contributed by atoms with Gasteiger partial charge in [0.2, 0.25) is 5.82 Å². The highest BCUT2D eigenvalue weighted by Crippen LogP contribution is 2.36. The molecule has 7 nitrogen and oxygen atoms in total. The lowest BCUT2D eigenvalue weighted by atomic mass is 9.79. The zero-order valence-corrected chi connectivity index (χ0v) is 18.9. The summed E-state index contributed by atoms with van der Waals surface area (Å²) in [4.78, 5) is 22.4. The molecule has 2 N–H and O–H groups in total. The van der Waals surface area contributed by atoms with Gasteiger partial charge in [-0.25, -0.2) is 14.8 Å². The predicted molar refractivity (Wildman–Crippen MR) is 121 cm³/mol. The number of hydrogen-bond donors (Lipinski definition) is 2. The first-order chi connectivity index (χ1) is 16.6. The smallest absolute Gasteiger partial charge is 0.416 e. The van der Waals surface area contributed by atoms with Gasteiger partial charge in [-0.1, -0.05) is 18.1 Å². The molecule has 35 heavy (non-hydrogen) atoms. The van der Waals surface area contributed by atoms with Crippen LogP contribution in [0.1, 0.15) is 36.8 Å². The quantitative estimate of drug-likeness (QED) is 0.435. The van der Waals surface area contributed by atoms with Gasteiger partial charge in [0.25, 0.3) is 0 Å². The second-order valence-electron chi connectivity index (χ2n) is 8.96. The molecule has 2 aromatic rings. The number of aromatic nitrogens is 2. The Morgan fingerprint density at radius 3 is 2.43 bits per heavy atom. The van der Waals surface area contributed by atoms with E-state index in [-0.39, 0.29) is 30.8 Å². The topological polar surface area (TPSA) is 81.6 Å². The molecule has 1 saturated carbocycles. The molecule has 1 aliphatic heterocycles. The number of nitrogens with zero attached hydrogens (tertiary/aromatic N) is 4. The Morgan fingerprint density at radius 2 is 1.89 bits per heavy atom. The zero-order valence-electron chi connectivity index (χ0n) is 18.9. The van der Waals surface area contributed by atoms with Crippen LogP contribution in [0.2, 0.25) is 0 Å². The van der Waals surface area contributed by atoms with E-state index in [0.717, 1.165) is 25.0 Å². The maximum absolute atomic E-state index is 15.5. The number of anilines is 2. The van der Waals surface area contributed by atoms with Gasteiger partial charge in [-0.15, -0.1) is 6.42 Å². The van der Waals surface area contributed by atoms with E-state index in [1.54, 1.807) is 4.90 Å². The van der Waals surface area contributed by atoms with Crippen LogP contribution in [0.15, 0.2) is 30.6 Å². The summed E-state index contributed by atoms with van der Waals surface area (Å²) in [5, 5.41) is 12.1. The largest absolute Gasteiger partial charge is 0.465 e. The molecular weight excluding hydrogens is 466 g/mol. The maximum atomic E-state index is 15.5. The summed E-state index contributed by atoms with van der Waals surface area (Å²) >= 11 is 0. The van der Waals surface area contributed by atoms with Crippen molar-refractivity contribution < 1.29 is 27.5 Å². The highest BCUT2D eigenvalue weighted by molar-refractivity contribution is 5.65. The first-order valence-electron chi connectivity index (χ1n) is 11.2. The Bertz CT molecular complexity index is 1100. The van der Waals surface area contributed by atoms with Crippen molar-refractivity contribution in [3.05, 3.63) is 47.5 Å². The van der Waals surface area contributed by atoms with Gasteiger partial charge in [-0.3, -0.25) is 0 Å². The third-order valence-electron chi connectivity index (χ3n) is 6.56. The molecule has 186 valence electrons. The number of halogens is 4. The van der Waals surface area contributed by atoms with Crippen LogP contribution < -0.4 is 10.2 Å². The van der Waals surface area contributed by atoms with Crippen LogP contribution in [0.25, 0.3) is 0 Å². The number of nitrogens with one attached hydrogen (secondary N) is 1. The van der Waals surface area contributed by atoms with Crippen molar-refractivity contribution >= 4 is 17.7 Å². The maximum Gasteiger partial charge on any atom is 0.416 e. The highest BCUT2D eigenvalue weighted by Gasteiger charge is 2.36. The number of terminal acetylenes is 1. The minimum absolute atomic E-state index is 0.0247. The normalized spacial score (nSPS) is 17.5. The van der Waals surface area contributed by atoms with Crippen LogP contribution in [-0.2, 0) is 12.7 Å². The molecule has 0 bridgehead atoms. The van der Waals surface area contributed by atoms with Gasteiger partial charge in [0, 0.05) is 32.2 Å². The van der Waals surface area contributed by atoms with Crippen molar-refractivity contribution in [1.82, 2.24) is 14.9 Å². The molecule has 1 amide bonds. The van der Waals surface area contributed by atoms with Gasteiger partial charge in [0.15, 0.2) is 11.6 Å². The highest BCUT2D eigenvalue weighted by atomic mass is 19.4. The van der Waals surface area contributed by atoms with E-state index in [2.05, 4.69) is 21.2 Å². The molecule has 0 spiro atoms. The summed E-state index contributed by atoms with van der Waals surface area (Å²) in [5.74, 6) is 2.12. The Morgan fingerprint density at radius 1 is 1.23 bits per heavy atom. The monoisotopic (exact) mass is 491 g/mol. The van der Waals surface area contributed by atoms with E-state index in [1.165, 1.54) is 23.4 Å². The minimum Gasteiger partial charge on any atom is -0.465 e. The van der Waals surface area contributed by atoms with Crippen LogP contribution in [0.5, 0.6) is 0 Å². The summed E-state index contributed by atoms with van der Waals surface area (Å²) in [6, 6.07) is 4.83. The number of piperidine rings is 1. The van der Waals surface area contributed by atoms with Gasteiger partial charge in [-0.2, -0.15) is 17.6 Å². The van der Waals surface area contributed by atoms with E-state index >= 15 is 4.39 Å². The third kappa shape index (κ3) is 5.58. The summed E-state index contributed by atoms with van der Waals surface area (Å²) in [5.41, 5.74) is -0.774. The van der Waals surface area contributed by atoms with Crippen molar-refractivity contribution in [2.24, 2.45) is 5.41 Å². The van der Waals surface area contributed by atoms with Gasteiger partial charge in [0.1, 0.15) is 6.33 Å². The van der Waals surface area contributed by atoms with Crippen molar-refractivity contribution in [2.45, 2.75) is 44.4 Å². The average Bonchev–Trinajstić information content (AvgIpc) is 3.67. The number of carbonyl (C=O) groups is 1. The molecule has 0 unspecified atom stereocenters. The Balaban J connectivity index is 1.48. The molecule has 1 aliphatic carbocycles. The van der Waals surface area contributed by atoms with E-state index in [4.69, 9.17) is 11.5 Å². The number of carboxylic acid groups (broad SMARTS) is 1. The zero-order chi connectivity index (χ0) is 25.2. The minimum atomic E-state index is -4.42. The third-order valence-corrected chi connectivity index (χ3v) is 6.56. The van der Waals surface area contributed by atoms with Gasteiger partial charge in [-0.05, 0) is 43.4 Å². The fourth-order valence-electron chi connectivity index (χ4n) is 4.19. The van der Waals surface area contributed by atoms with Gasteiger partial charge in [0.05, 0.1) is 11.0 Å². The van der Waals surface area contributed by atoms with Crippen molar-refractivity contribution in [2.75, 3.05) is 29.9 Å². The molecule has 1 aromatic carbocycles. The number of likely N-dealkylation sites (tertiary alicyclic amines) is 1. The van der Waals surface area contributed by atoms with Crippen molar-refractivity contribution in [3.8, 4) is 12.3 Å². The Kier molecular flexibility index (Phi) is 6.74. The number of hydrogen-bond acceptors (Lipinski definition) is 5. The summed E-state index contributed by atoms with van der Waals surface area (Å²) in [6.45, 7) is 1.00. The molecule has 0 atom stereocenters. The average molecular weight is 491 g/mol. The fourth-order valence-corrected chi connectivity index (χ4v) is 4.19. The first kappa shape index (κ1) is 24.6. The first-order valence-corrected chi connectivity index (χ1v) is 11.2. The van der Waals surface area contributed by atoms with E-state index in [1.807, 2.05) is 0 Å². The molecule has 1 saturated heterocycles. The number of alkyl halides is 3. The lowest BCUT2D eigenvalue weighted by molar-refractivity contribution is -0.137. The number of rotatable bonds is 7. The van der Waals surface area contributed by atoms with Crippen LogP contribution in [0, 0.1) is 23.6 Å². The molecule has 2 fully saturated rings.